The summed E-state index contributed by atoms with van der Waals surface area (Å²) >= 11 is 5.70. The average molecular weight is 258 g/mol. The normalized spacial score (nSPS) is 10.2. The molecule has 0 aliphatic rings. The van der Waals surface area contributed by atoms with Gasteiger partial charge in [-0.1, -0.05) is 12.1 Å². The first-order valence-electron chi connectivity index (χ1n) is 5.27. The second-order valence-corrected chi connectivity index (χ2v) is 3.69. The first-order chi connectivity index (χ1) is 8.26. The van der Waals surface area contributed by atoms with E-state index < -0.39 is 0 Å². The number of alkyl halides is 1. The van der Waals surface area contributed by atoms with Crippen molar-refractivity contribution in [3.8, 4) is 0 Å². The monoisotopic (exact) mass is 257 g/mol. The third-order valence-electron chi connectivity index (χ3n) is 2.03. The number of hydrogen-bond donors (Lipinski definition) is 1. The molecule has 0 bridgehead atoms. The van der Waals surface area contributed by atoms with Gasteiger partial charge in [-0.05, 0) is 17.7 Å². The lowest BCUT2D eigenvalue weighted by atomic mass is 10.2. The Morgan fingerprint density at radius 3 is 2.94 bits per heavy atom. The van der Waals surface area contributed by atoms with Crippen molar-refractivity contribution in [1.82, 2.24) is 0 Å². The van der Waals surface area contributed by atoms with Gasteiger partial charge in [-0.2, -0.15) is 0 Å². The Morgan fingerprint density at radius 2 is 2.24 bits per heavy atom. The van der Waals surface area contributed by atoms with Crippen LogP contribution in [-0.2, 0) is 20.1 Å². The molecular weight excluding hydrogens is 242 g/mol. The van der Waals surface area contributed by atoms with Crippen molar-refractivity contribution in [3.63, 3.8) is 0 Å². The standard InChI is InChI=1S/C12H16ClNO3/c1-16-5-6-17-9-12(15)14-11-4-2-3-10(7-11)8-13/h2-4,7H,5-6,8-9H2,1H3,(H,14,15). The molecule has 94 valence electrons. The molecule has 1 aromatic carbocycles. The Morgan fingerprint density at radius 1 is 1.41 bits per heavy atom. The molecule has 4 nitrogen and oxygen atoms in total. The molecule has 0 heterocycles. The van der Waals surface area contributed by atoms with Crippen LogP contribution >= 0.6 is 11.6 Å². The third kappa shape index (κ3) is 5.68. The number of halogens is 1. The van der Waals surface area contributed by atoms with Gasteiger partial charge in [0.15, 0.2) is 0 Å². The molecule has 0 aliphatic heterocycles. The summed E-state index contributed by atoms with van der Waals surface area (Å²) in [5, 5.41) is 2.73. The molecule has 0 radical (unpaired) electrons. The molecule has 0 spiro atoms. The highest BCUT2D eigenvalue weighted by atomic mass is 35.5. The highest BCUT2D eigenvalue weighted by Crippen LogP contribution is 2.12. The maximum Gasteiger partial charge on any atom is 0.250 e. The number of rotatable bonds is 7. The predicted octanol–water partition coefficient (Wildman–Crippen LogP) is 2.03. The summed E-state index contributed by atoms with van der Waals surface area (Å²) in [6.45, 7) is 0.912. The van der Waals surface area contributed by atoms with E-state index in [1.165, 1.54) is 0 Å². The molecule has 17 heavy (non-hydrogen) atoms. The van der Waals surface area contributed by atoms with Crippen molar-refractivity contribution in [1.29, 1.82) is 0 Å². The second-order valence-electron chi connectivity index (χ2n) is 3.43. The Hall–Kier alpha value is -1.10. The Labute approximate surface area is 106 Å². The maximum atomic E-state index is 11.5. The van der Waals surface area contributed by atoms with Crippen molar-refractivity contribution in [2.24, 2.45) is 0 Å². The quantitative estimate of drug-likeness (QED) is 0.601. The van der Waals surface area contributed by atoms with Crippen molar-refractivity contribution in [2.75, 3.05) is 32.2 Å². The number of anilines is 1. The van der Waals surface area contributed by atoms with E-state index in [0.29, 0.717) is 19.1 Å². The lowest BCUT2D eigenvalue weighted by Gasteiger charge is -2.07. The van der Waals surface area contributed by atoms with E-state index in [0.717, 1.165) is 11.3 Å². The van der Waals surface area contributed by atoms with Gasteiger partial charge >= 0.3 is 0 Å². The Balaban J connectivity index is 2.34. The SMILES string of the molecule is COCCOCC(=O)Nc1cccc(CCl)c1. The van der Waals surface area contributed by atoms with Crippen LogP contribution in [0, 0.1) is 0 Å². The van der Waals surface area contributed by atoms with Gasteiger partial charge < -0.3 is 14.8 Å². The summed E-state index contributed by atoms with van der Waals surface area (Å²) in [5.74, 6) is 0.237. The first kappa shape index (κ1) is 14.0. The molecule has 0 fully saturated rings. The van der Waals surface area contributed by atoms with Gasteiger partial charge in [-0.3, -0.25) is 4.79 Å². The van der Waals surface area contributed by atoms with E-state index in [4.69, 9.17) is 21.1 Å². The fraction of sp³-hybridized carbons (Fsp3) is 0.417. The van der Waals surface area contributed by atoms with Gasteiger partial charge in [0.05, 0.1) is 13.2 Å². The van der Waals surface area contributed by atoms with E-state index in [9.17, 15) is 4.79 Å². The lowest BCUT2D eigenvalue weighted by molar-refractivity contribution is -0.121. The highest BCUT2D eigenvalue weighted by Gasteiger charge is 2.02. The number of hydrogen-bond acceptors (Lipinski definition) is 3. The smallest absolute Gasteiger partial charge is 0.250 e. The zero-order valence-electron chi connectivity index (χ0n) is 9.74. The van der Waals surface area contributed by atoms with Crippen LogP contribution in [0.5, 0.6) is 0 Å². The number of ether oxygens (including phenoxy) is 2. The highest BCUT2D eigenvalue weighted by molar-refractivity contribution is 6.17. The van der Waals surface area contributed by atoms with Crippen LogP contribution in [0.3, 0.4) is 0 Å². The van der Waals surface area contributed by atoms with Crippen molar-refractivity contribution in [2.45, 2.75) is 5.88 Å². The van der Waals surface area contributed by atoms with E-state index in [1.807, 2.05) is 24.3 Å². The van der Waals surface area contributed by atoms with Crippen molar-refractivity contribution < 1.29 is 14.3 Å². The Kier molecular flexibility index (Phi) is 6.62. The molecular formula is C12H16ClNO3. The number of carbonyl (C=O) groups excluding carboxylic acids is 1. The van der Waals surface area contributed by atoms with E-state index in [-0.39, 0.29) is 12.5 Å². The summed E-state index contributed by atoms with van der Waals surface area (Å²) in [5.41, 5.74) is 1.69. The van der Waals surface area contributed by atoms with Crippen LogP contribution in [0.15, 0.2) is 24.3 Å². The number of methoxy groups -OCH3 is 1. The zero-order chi connectivity index (χ0) is 12.5. The van der Waals surface area contributed by atoms with Crippen LogP contribution in [0.1, 0.15) is 5.56 Å². The third-order valence-corrected chi connectivity index (χ3v) is 2.34. The van der Waals surface area contributed by atoms with Gasteiger partial charge in [-0.15, -0.1) is 11.6 Å². The molecule has 5 heteroatoms. The molecule has 1 N–H and O–H groups in total. The second kappa shape index (κ2) is 8.06. The summed E-state index contributed by atoms with van der Waals surface area (Å²) < 4.78 is 9.90. The van der Waals surface area contributed by atoms with Crippen molar-refractivity contribution in [3.05, 3.63) is 29.8 Å². The minimum Gasteiger partial charge on any atom is -0.382 e. The van der Waals surface area contributed by atoms with Crippen LogP contribution in [0.2, 0.25) is 0 Å². The first-order valence-corrected chi connectivity index (χ1v) is 5.81. The number of carbonyl (C=O) groups is 1. The summed E-state index contributed by atoms with van der Waals surface area (Å²) in [7, 11) is 1.58. The van der Waals surface area contributed by atoms with Gasteiger partial charge in [0.25, 0.3) is 0 Å². The number of nitrogens with one attached hydrogen (secondary N) is 1. The molecule has 0 unspecified atom stereocenters. The number of amides is 1. The van der Waals surface area contributed by atoms with Crippen LogP contribution in [-0.4, -0.2) is 32.8 Å². The van der Waals surface area contributed by atoms with Gasteiger partial charge in [0.1, 0.15) is 6.61 Å². The van der Waals surface area contributed by atoms with Crippen LogP contribution in [0.25, 0.3) is 0 Å². The van der Waals surface area contributed by atoms with E-state index in [2.05, 4.69) is 5.32 Å². The molecule has 0 aromatic heterocycles. The molecule has 0 saturated carbocycles. The molecule has 0 aliphatic carbocycles. The fourth-order valence-electron chi connectivity index (χ4n) is 1.24. The fourth-order valence-corrected chi connectivity index (χ4v) is 1.40. The van der Waals surface area contributed by atoms with Crippen molar-refractivity contribution >= 4 is 23.2 Å². The topological polar surface area (TPSA) is 47.6 Å². The van der Waals surface area contributed by atoms with Gasteiger partial charge in [-0.25, -0.2) is 0 Å². The average Bonchev–Trinajstić information content (AvgIpc) is 2.35. The van der Waals surface area contributed by atoms with E-state index in [1.54, 1.807) is 7.11 Å². The lowest BCUT2D eigenvalue weighted by Crippen LogP contribution is -2.19. The zero-order valence-corrected chi connectivity index (χ0v) is 10.5. The van der Waals surface area contributed by atoms with Crippen LogP contribution in [0.4, 0.5) is 5.69 Å². The summed E-state index contributed by atoms with van der Waals surface area (Å²) in [6, 6.07) is 7.39. The Bertz CT molecular complexity index is 357. The van der Waals surface area contributed by atoms with E-state index >= 15 is 0 Å². The molecule has 0 saturated heterocycles. The molecule has 1 amide bonds. The minimum atomic E-state index is -0.187. The summed E-state index contributed by atoms with van der Waals surface area (Å²) in [6.07, 6.45) is 0. The molecule has 0 atom stereocenters. The largest absolute Gasteiger partial charge is 0.382 e. The molecule has 1 aromatic rings. The minimum absolute atomic E-state index is 0.0223. The number of benzene rings is 1. The van der Waals surface area contributed by atoms with Gasteiger partial charge in [0, 0.05) is 18.7 Å². The molecule has 1 rings (SSSR count). The predicted molar refractivity (Wildman–Crippen MR) is 67.3 cm³/mol. The summed E-state index contributed by atoms with van der Waals surface area (Å²) in [4.78, 5) is 11.5. The maximum absolute atomic E-state index is 11.5. The van der Waals surface area contributed by atoms with Crippen LogP contribution < -0.4 is 5.32 Å². The van der Waals surface area contributed by atoms with Gasteiger partial charge in [0.2, 0.25) is 5.91 Å².